The van der Waals surface area contributed by atoms with Gasteiger partial charge in [0.1, 0.15) is 6.54 Å². The number of nitrogens with one attached hydrogen (secondary N) is 1. The number of nitrogens with zero attached hydrogens (tertiary/aromatic N) is 1. The van der Waals surface area contributed by atoms with Crippen LogP contribution < -0.4 is 9.62 Å². The van der Waals surface area contributed by atoms with E-state index in [1.165, 1.54) is 28.3 Å². The summed E-state index contributed by atoms with van der Waals surface area (Å²) >= 11 is 0. The Hall–Kier alpha value is -3.12. The van der Waals surface area contributed by atoms with Crippen molar-refractivity contribution in [3.05, 3.63) is 95.1 Å². The Morgan fingerprint density at radius 1 is 0.914 bits per heavy atom. The number of amides is 1. The fraction of sp³-hybridized carbons (Fsp3) is 0.345. The first-order valence-corrected chi connectivity index (χ1v) is 13.9. The van der Waals surface area contributed by atoms with Crippen LogP contribution >= 0.6 is 0 Å². The Bertz CT molecular complexity index is 1250. The number of aryl methyl sites for hydroxylation is 3. The molecule has 0 saturated heterocycles. The van der Waals surface area contributed by atoms with Crippen molar-refractivity contribution in [3.8, 4) is 0 Å². The van der Waals surface area contributed by atoms with Crippen LogP contribution in [0.4, 0.5) is 5.69 Å². The third kappa shape index (κ3) is 5.76. The Morgan fingerprint density at radius 3 is 2.26 bits per heavy atom. The van der Waals surface area contributed by atoms with Gasteiger partial charge in [0.2, 0.25) is 5.91 Å². The molecule has 3 aromatic carbocycles. The Morgan fingerprint density at radius 2 is 1.60 bits per heavy atom. The van der Waals surface area contributed by atoms with E-state index in [2.05, 4.69) is 23.5 Å². The smallest absolute Gasteiger partial charge is 0.264 e. The van der Waals surface area contributed by atoms with Gasteiger partial charge in [0.25, 0.3) is 10.0 Å². The van der Waals surface area contributed by atoms with Crippen LogP contribution in [0.15, 0.2) is 77.7 Å². The molecule has 1 amide bonds. The molecule has 0 saturated carbocycles. The van der Waals surface area contributed by atoms with E-state index >= 15 is 0 Å². The van der Waals surface area contributed by atoms with Crippen molar-refractivity contribution >= 4 is 21.6 Å². The number of hydrogen-bond acceptors (Lipinski definition) is 3. The number of carbonyl (C=O) groups excluding carboxylic acids is 1. The zero-order valence-corrected chi connectivity index (χ0v) is 21.4. The van der Waals surface area contributed by atoms with Crippen LogP contribution in [0.2, 0.25) is 0 Å². The zero-order valence-electron chi connectivity index (χ0n) is 20.5. The molecular weight excluding hydrogens is 456 g/mol. The number of sulfonamides is 1. The van der Waals surface area contributed by atoms with E-state index in [-0.39, 0.29) is 23.4 Å². The van der Waals surface area contributed by atoms with Crippen LogP contribution in [0.5, 0.6) is 0 Å². The number of benzene rings is 3. The van der Waals surface area contributed by atoms with E-state index in [4.69, 9.17) is 0 Å². The monoisotopic (exact) mass is 490 g/mol. The molecule has 3 aromatic rings. The fourth-order valence-electron chi connectivity index (χ4n) is 4.69. The van der Waals surface area contributed by atoms with Crippen LogP contribution in [-0.4, -0.2) is 20.9 Å². The second-order valence-electron chi connectivity index (χ2n) is 9.11. The molecule has 1 N–H and O–H groups in total. The molecule has 1 atom stereocenters. The van der Waals surface area contributed by atoms with Gasteiger partial charge < -0.3 is 5.32 Å². The van der Waals surface area contributed by atoms with Gasteiger partial charge in [0, 0.05) is 0 Å². The maximum Gasteiger partial charge on any atom is 0.264 e. The van der Waals surface area contributed by atoms with Crippen molar-refractivity contribution in [3.63, 3.8) is 0 Å². The quantitative estimate of drug-likeness (QED) is 0.425. The van der Waals surface area contributed by atoms with Crippen LogP contribution in [0, 0.1) is 0 Å². The molecule has 0 spiro atoms. The molecule has 1 aliphatic carbocycles. The van der Waals surface area contributed by atoms with Crippen molar-refractivity contribution in [2.24, 2.45) is 0 Å². The zero-order chi connectivity index (χ0) is 24.8. The lowest BCUT2D eigenvalue weighted by Crippen LogP contribution is -2.42. The highest BCUT2D eigenvalue weighted by Gasteiger charge is 2.28. The largest absolute Gasteiger partial charge is 0.348 e. The molecule has 0 radical (unpaired) electrons. The maximum absolute atomic E-state index is 13.6. The molecule has 35 heavy (non-hydrogen) atoms. The SMILES string of the molecule is CCc1ccc(N(CC(=O)NC(CC)c2ccc3c(c2)CCCC3)S(=O)(=O)c2ccccc2)cc1. The maximum atomic E-state index is 13.6. The summed E-state index contributed by atoms with van der Waals surface area (Å²) in [5.74, 6) is -0.325. The van der Waals surface area contributed by atoms with Gasteiger partial charge in [-0.25, -0.2) is 8.42 Å². The fourth-order valence-corrected chi connectivity index (χ4v) is 6.14. The number of rotatable bonds is 9. The van der Waals surface area contributed by atoms with Crippen molar-refractivity contribution < 1.29 is 13.2 Å². The lowest BCUT2D eigenvalue weighted by molar-refractivity contribution is -0.120. The van der Waals surface area contributed by atoms with Crippen molar-refractivity contribution in [2.45, 2.75) is 63.3 Å². The molecule has 184 valence electrons. The van der Waals surface area contributed by atoms with Gasteiger partial charge in [-0.3, -0.25) is 9.10 Å². The molecule has 0 bridgehead atoms. The van der Waals surface area contributed by atoms with Gasteiger partial charge in [-0.15, -0.1) is 0 Å². The first-order valence-electron chi connectivity index (χ1n) is 12.5. The average Bonchev–Trinajstić information content (AvgIpc) is 2.90. The number of hydrogen-bond donors (Lipinski definition) is 1. The van der Waals surface area contributed by atoms with E-state index in [9.17, 15) is 13.2 Å². The predicted molar refractivity (Wildman–Crippen MR) is 141 cm³/mol. The van der Waals surface area contributed by atoms with E-state index < -0.39 is 10.0 Å². The topological polar surface area (TPSA) is 66.5 Å². The molecule has 5 nitrogen and oxygen atoms in total. The first-order chi connectivity index (χ1) is 16.9. The van der Waals surface area contributed by atoms with E-state index in [0.717, 1.165) is 36.8 Å². The van der Waals surface area contributed by atoms with Gasteiger partial charge in [-0.2, -0.15) is 0 Å². The summed E-state index contributed by atoms with van der Waals surface area (Å²) in [5, 5.41) is 3.09. The number of carbonyl (C=O) groups is 1. The Kier molecular flexibility index (Phi) is 7.91. The lowest BCUT2D eigenvalue weighted by atomic mass is 9.89. The summed E-state index contributed by atoms with van der Waals surface area (Å²) in [7, 11) is -3.92. The summed E-state index contributed by atoms with van der Waals surface area (Å²) in [6, 6.07) is 21.9. The standard InChI is InChI=1S/C29H34N2O3S/c1-3-22-14-18-26(19-15-22)31(35(33,34)27-12-6-5-7-13-27)21-29(32)30-28(4-2)25-17-16-23-10-8-9-11-24(23)20-25/h5-7,12-20,28H,3-4,8-11,21H2,1-2H3,(H,30,32). The van der Waals surface area contributed by atoms with Gasteiger partial charge in [0.15, 0.2) is 0 Å². The molecule has 0 aromatic heterocycles. The average molecular weight is 491 g/mol. The minimum absolute atomic E-state index is 0.161. The van der Waals surface area contributed by atoms with Crippen LogP contribution in [0.25, 0.3) is 0 Å². The highest BCUT2D eigenvalue weighted by molar-refractivity contribution is 7.92. The molecular formula is C29H34N2O3S. The van der Waals surface area contributed by atoms with Gasteiger partial charge in [0.05, 0.1) is 16.6 Å². The van der Waals surface area contributed by atoms with Gasteiger partial charge in [-0.1, -0.05) is 62.4 Å². The third-order valence-electron chi connectivity index (χ3n) is 6.77. The molecule has 0 heterocycles. The predicted octanol–water partition coefficient (Wildman–Crippen LogP) is 5.59. The molecule has 0 aliphatic heterocycles. The molecule has 1 unspecified atom stereocenters. The van der Waals surface area contributed by atoms with E-state index in [0.29, 0.717) is 5.69 Å². The molecule has 6 heteroatoms. The van der Waals surface area contributed by atoms with Crippen molar-refractivity contribution in [2.75, 3.05) is 10.8 Å². The highest BCUT2D eigenvalue weighted by atomic mass is 32.2. The highest BCUT2D eigenvalue weighted by Crippen LogP contribution is 2.27. The molecule has 1 aliphatic rings. The number of fused-ring (bicyclic) bond motifs is 1. The summed E-state index contributed by atoms with van der Waals surface area (Å²) < 4.78 is 28.3. The van der Waals surface area contributed by atoms with E-state index in [1.54, 1.807) is 42.5 Å². The van der Waals surface area contributed by atoms with Gasteiger partial charge >= 0.3 is 0 Å². The Labute approximate surface area is 209 Å². The van der Waals surface area contributed by atoms with Crippen LogP contribution in [0.3, 0.4) is 0 Å². The number of anilines is 1. The summed E-state index contributed by atoms with van der Waals surface area (Å²) in [6.07, 6.45) is 6.19. The van der Waals surface area contributed by atoms with Gasteiger partial charge in [-0.05, 0) is 85.0 Å². The normalized spacial score (nSPS) is 14.1. The van der Waals surface area contributed by atoms with Crippen molar-refractivity contribution in [1.29, 1.82) is 0 Å². The van der Waals surface area contributed by atoms with E-state index in [1.807, 2.05) is 26.0 Å². The second kappa shape index (κ2) is 11.1. The lowest BCUT2D eigenvalue weighted by Gasteiger charge is -2.26. The molecule has 4 rings (SSSR count). The summed E-state index contributed by atoms with van der Waals surface area (Å²) in [4.78, 5) is 13.4. The minimum Gasteiger partial charge on any atom is -0.348 e. The summed E-state index contributed by atoms with van der Waals surface area (Å²) in [5.41, 5.74) is 5.42. The third-order valence-corrected chi connectivity index (χ3v) is 8.56. The first kappa shape index (κ1) is 25.0. The summed E-state index contributed by atoms with van der Waals surface area (Å²) in [6.45, 7) is 3.79. The van der Waals surface area contributed by atoms with Crippen LogP contribution in [-0.2, 0) is 34.1 Å². The van der Waals surface area contributed by atoms with Crippen molar-refractivity contribution in [1.82, 2.24) is 5.32 Å². The minimum atomic E-state index is -3.92. The van der Waals surface area contributed by atoms with Crippen LogP contribution in [0.1, 0.15) is 61.4 Å². The second-order valence-corrected chi connectivity index (χ2v) is 11.0. The Balaban J connectivity index is 1.59. The molecule has 0 fully saturated rings.